The van der Waals surface area contributed by atoms with Crippen LogP contribution in [0, 0.1) is 5.92 Å². The van der Waals surface area contributed by atoms with Crippen molar-refractivity contribution in [3.8, 4) is 0 Å². The summed E-state index contributed by atoms with van der Waals surface area (Å²) in [6.45, 7) is 3.58. The molecule has 0 unspecified atom stereocenters. The number of amides is 2. The standard InChI is InChI=1S/C20H29N3O2/c1-15(19(24)21-17-9-5-6-10-17)23-13-11-16(12-14-23)20(25)22-18-7-3-2-4-8-18/h2-4,7-8,15-17H,5-6,9-14H2,1H3,(H,21,24)(H,22,25)/t15-/m0/s1. The van der Waals surface area contributed by atoms with Crippen LogP contribution < -0.4 is 10.6 Å². The smallest absolute Gasteiger partial charge is 0.237 e. The minimum Gasteiger partial charge on any atom is -0.352 e. The van der Waals surface area contributed by atoms with Crippen molar-refractivity contribution in [2.45, 2.75) is 57.5 Å². The molecule has 0 bridgehead atoms. The fourth-order valence-corrected chi connectivity index (χ4v) is 3.87. The van der Waals surface area contributed by atoms with Crippen LogP contribution in [0.2, 0.25) is 0 Å². The molecule has 0 spiro atoms. The number of para-hydroxylation sites is 1. The molecule has 3 rings (SSSR count). The monoisotopic (exact) mass is 343 g/mol. The average Bonchev–Trinajstić information content (AvgIpc) is 3.15. The first-order chi connectivity index (χ1) is 12.1. The van der Waals surface area contributed by atoms with Gasteiger partial charge in [0.1, 0.15) is 0 Å². The minimum atomic E-state index is -0.112. The molecule has 1 aromatic rings. The summed E-state index contributed by atoms with van der Waals surface area (Å²) >= 11 is 0. The van der Waals surface area contributed by atoms with E-state index in [2.05, 4.69) is 15.5 Å². The van der Waals surface area contributed by atoms with Crippen molar-refractivity contribution in [3.63, 3.8) is 0 Å². The highest BCUT2D eigenvalue weighted by atomic mass is 16.2. The van der Waals surface area contributed by atoms with Gasteiger partial charge in [-0.1, -0.05) is 31.0 Å². The van der Waals surface area contributed by atoms with Gasteiger partial charge in [-0.15, -0.1) is 0 Å². The van der Waals surface area contributed by atoms with Gasteiger partial charge < -0.3 is 10.6 Å². The maximum atomic E-state index is 12.4. The molecule has 1 atom stereocenters. The van der Waals surface area contributed by atoms with Gasteiger partial charge in [0.05, 0.1) is 6.04 Å². The van der Waals surface area contributed by atoms with E-state index in [1.165, 1.54) is 12.8 Å². The second-order valence-electron chi connectivity index (χ2n) is 7.33. The van der Waals surface area contributed by atoms with Gasteiger partial charge >= 0.3 is 0 Å². The van der Waals surface area contributed by atoms with Crippen molar-refractivity contribution in [3.05, 3.63) is 30.3 Å². The molecule has 2 amide bonds. The van der Waals surface area contributed by atoms with E-state index in [0.29, 0.717) is 6.04 Å². The zero-order valence-electron chi connectivity index (χ0n) is 15.0. The lowest BCUT2D eigenvalue weighted by molar-refractivity contribution is -0.127. The third-order valence-electron chi connectivity index (χ3n) is 5.57. The topological polar surface area (TPSA) is 61.4 Å². The number of hydrogen-bond acceptors (Lipinski definition) is 3. The Bertz CT molecular complexity index is 576. The van der Waals surface area contributed by atoms with Crippen LogP contribution in [0.5, 0.6) is 0 Å². The number of carbonyl (C=O) groups excluding carboxylic acids is 2. The van der Waals surface area contributed by atoms with Gasteiger partial charge in [-0.25, -0.2) is 0 Å². The maximum Gasteiger partial charge on any atom is 0.237 e. The summed E-state index contributed by atoms with van der Waals surface area (Å²) in [5, 5.41) is 6.17. The molecular weight excluding hydrogens is 314 g/mol. The van der Waals surface area contributed by atoms with Crippen LogP contribution in [0.1, 0.15) is 45.4 Å². The molecule has 1 heterocycles. The molecular formula is C20H29N3O2. The Kier molecular flexibility index (Phi) is 6.08. The van der Waals surface area contributed by atoms with E-state index in [-0.39, 0.29) is 23.8 Å². The number of piperidine rings is 1. The van der Waals surface area contributed by atoms with E-state index in [9.17, 15) is 9.59 Å². The summed E-state index contributed by atoms with van der Waals surface area (Å²) in [6.07, 6.45) is 6.28. The molecule has 1 saturated carbocycles. The molecule has 5 heteroatoms. The summed E-state index contributed by atoms with van der Waals surface area (Å²) < 4.78 is 0. The lowest BCUT2D eigenvalue weighted by Crippen LogP contribution is -2.50. The van der Waals surface area contributed by atoms with E-state index in [1.54, 1.807) is 0 Å². The van der Waals surface area contributed by atoms with E-state index < -0.39 is 0 Å². The highest BCUT2D eigenvalue weighted by Gasteiger charge is 2.30. The summed E-state index contributed by atoms with van der Waals surface area (Å²) in [4.78, 5) is 27.0. The number of benzene rings is 1. The van der Waals surface area contributed by atoms with Crippen LogP contribution >= 0.6 is 0 Å². The van der Waals surface area contributed by atoms with E-state index in [0.717, 1.165) is 44.5 Å². The lowest BCUT2D eigenvalue weighted by Gasteiger charge is -2.35. The van der Waals surface area contributed by atoms with Crippen molar-refractivity contribution < 1.29 is 9.59 Å². The first-order valence-electron chi connectivity index (χ1n) is 9.54. The van der Waals surface area contributed by atoms with Gasteiger partial charge in [0.15, 0.2) is 0 Å². The zero-order chi connectivity index (χ0) is 17.6. The van der Waals surface area contributed by atoms with Crippen molar-refractivity contribution in [1.82, 2.24) is 10.2 Å². The second-order valence-corrected chi connectivity index (χ2v) is 7.33. The van der Waals surface area contributed by atoms with Crippen LogP contribution in [0.3, 0.4) is 0 Å². The maximum absolute atomic E-state index is 12.4. The SMILES string of the molecule is C[C@@H](C(=O)NC1CCCC1)N1CCC(C(=O)Nc2ccccc2)CC1. The zero-order valence-corrected chi connectivity index (χ0v) is 15.0. The van der Waals surface area contributed by atoms with Gasteiger partial charge in [0, 0.05) is 17.6 Å². The number of anilines is 1. The highest BCUT2D eigenvalue weighted by molar-refractivity contribution is 5.92. The van der Waals surface area contributed by atoms with Crippen LogP contribution in [0.25, 0.3) is 0 Å². The predicted octanol–water partition coefficient (Wildman–Crippen LogP) is 2.78. The van der Waals surface area contributed by atoms with E-state index in [1.807, 2.05) is 37.3 Å². The number of likely N-dealkylation sites (tertiary alicyclic amines) is 1. The van der Waals surface area contributed by atoms with Gasteiger partial charge in [0.2, 0.25) is 11.8 Å². The van der Waals surface area contributed by atoms with Crippen LogP contribution in [-0.4, -0.2) is 41.9 Å². The third-order valence-corrected chi connectivity index (χ3v) is 5.57. The molecule has 136 valence electrons. The van der Waals surface area contributed by atoms with Gasteiger partial charge in [-0.2, -0.15) is 0 Å². The number of nitrogens with one attached hydrogen (secondary N) is 2. The Hall–Kier alpha value is -1.88. The second kappa shape index (κ2) is 8.48. The summed E-state index contributed by atoms with van der Waals surface area (Å²) in [7, 11) is 0. The van der Waals surface area contributed by atoms with Crippen LogP contribution in [0.4, 0.5) is 5.69 Å². The Balaban J connectivity index is 1.44. The molecule has 25 heavy (non-hydrogen) atoms. The van der Waals surface area contributed by atoms with Gasteiger partial charge in [0.25, 0.3) is 0 Å². The highest BCUT2D eigenvalue weighted by Crippen LogP contribution is 2.22. The first-order valence-corrected chi connectivity index (χ1v) is 9.54. The molecule has 1 saturated heterocycles. The molecule has 2 fully saturated rings. The fraction of sp³-hybridized carbons (Fsp3) is 0.600. The molecule has 1 aliphatic heterocycles. The van der Waals surface area contributed by atoms with Crippen molar-refractivity contribution in [2.75, 3.05) is 18.4 Å². The van der Waals surface area contributed by atoms with Crippen LogP contribution in [-0.2, 0) is 9.59 Å². The van der Waals surface area contributed by atoms with Gasteiger partial charge in [-0.3, -0.25) is 14.5 Å². The summed E-state index contributed by atoms with van der Waals surface area (Å²) in [5.41, 5.74) is 0.847. The van der Waals surface area contributed by atoms with Gasteiger partial charge in [-0.05, 0) is 57.8 Å². The van der Waals surface area contributed by atoms with E-state index >= 15 is 0 Å². The predicted molar refractivity (Wildman–Crippen MR) is 99.2 cm³/mol. The number of carbonyl (C=O) groups is 2. The third kappa shape index (κ3) is 4.82. The molecule has 5 nitrogen and oxygen atoms in total. The van der Waals surface area contributed by atoms with Crippen molar-refractivity contribution in [1.29, 1.82) is 0 Å². The fourth-order valence-electron chi connectivity index (χ4n) is 3.87. The molecule has 1 aromatic carbocycles. The Morgan fingerprint density at radius 2 is 1.68 bits per heavy atom. The lowest BCUT2D eigenvalue weighted by atomic mass is 9.94. The molecule has 1 aliphatic carbocycles. The molecule has 2 N–H and O–H groups in total. The molecule has 0 aromatic heterocycles. The number of nitrogens with zero attached hydrogens (tertiary/aromatic N) is 1. The van der Waals surface area contributed by atoms with Crippen molar-refractivity contribution in [2.24, 2.45) is 5.92 Å². The average molecular weight is 343 g/mol. The quantitative estimate of drug-likeness (QED) is 0.864. The Morgan fingerprint density at radius 3 is 2.32 bits per heavy atom. The summed E-state index contributed by atoms with van der Waals surface area (Å²) in [6, 6.07) is 9.84. The molecule has 0 radical (unpaired) electrons. The first kappa shape index (κ1) is 17.9. The molecule has 2 aliphatic rings. The number of rotatable bonds is 5. The Labute approximate surface area is 150 Å². The Morgan fingerprint density at radius 1 is 1.04 bits per heavy atom. The van der Waals surface area contributed by atoms with E-state index in [4.69, 9.17) is 0 Å². The normalized spacial score (nSPS) is 21.0. The number of hydrogen-bond donors (Lipinski definition) is 2. The minimum absolute atomic E-state index is 0.0292. The van der Waals surface area contributed by atoms with Crippen molar-refractivity contribution >= 4 is 17.5 Å². The summed E-state index contributed by atoms with van der Waals surface area (Å²) in [5.74, 6) is 0.259. The van der Waals surface area contributed by atoms with Crippen LogP contribution in [0.15, 0.2) is 30.3 Å². The largest absolute Gasteiger partial charge is 0.352 e.